The van der Waals surface area contributed by atoms with Gasteiger partial charge in [0.15, 0.2) is 0 Å². The number of rotatable bonds is 3. The molecule has 0 saturated carbocycles. The quantitative estimate of drug-likeness (QED) is 0.699. The molecule has 0 atom stereocenters. The first-order chi connectivity index (χ1) is 12.2. The highest BCUT2D eigenvalue weighted by atomic mass is 79.9. The van der Waals surface area contributed by atoms with Crippen molar-refractivity contribution in [3.63, 3.8) is 0 Å². The van der Waals surface area contributed by atoms with Crippen molar-refractivity contribution in [3.05, 3.63) is 63.6 Å². The summed E-state index contributed by atoms with van der Waals surface area (Å²) in [6, 6.07) is 13.5. The smallest absolute Gasteiger partial charge is 0.322 e. The lowest BCUT2D eigenvalue weighted by atomic mass is 9.90. The first-order valence-corrected chi connectivity index (χ1v) is 9.01. The largest absolute Gasteiger partial charge is 0.403 e. The fraction of sp³-hybridized carbons (Fsp3) is 0.211. The standard InChI is InChI=1S/C19H16BrN3O2/c20-16-8-4-3-7-15(16)17(24)21-19-23-22-18(25-19)14-10-9-12-5-1-2-6-13(12)11-14/h3-4,7-11H,1-2,5-6H2,(H,21,23,24). The van der Waals surface area contributed by atoms with E-state index in [2.05, 4.69) is 43.6 Å². The fourth-order valence-electron chi connectivity index (χ4n) is 3.07. The molecule has 5 nitrogen and oxygen atoms in total. The summed E-state index contributed by atoms with van der Waals surface area (Å²) in [5, 5.41) is 10.6. The van der Waals surface area contributed by atoms with Gasteiger partial charge in [0.1, 0.15) is 0 Å². The average molecular weight is 398 g/mol. The Bertz CT molecular complexity index is 936. The molecule has 126 valence electrons. The maximum Gasteiger partial charge on any atom is 0.322 e. The third kappa shape index (κ3) is 3.35. The van der Waals surface area contributed by atoms with Crippen LogP contribution in [0.25, 0.3) is 11.5 Å². The Balaban J connectivity index is 1.54. The molecule has 1 aromatic heterocycles. The van der Waals surface area contributed by atoms with Crippen molar-refractivity contribution < 1.29 is 9.21 Å². The van der Waals surface area contributed by atoms with Gasteiger partial charge in [0, 0.05) is 10.0 Å². The van der Waals surface area contributed by atoms with Gasteiger partial charge in [-0.1, -0.05) is 23.3 Å². The van der Waals surface area contributed by atoms with Crippen LogP contribution in [0.1, 0.15) is 34.3 Å². The van der Waals surface area contributed by atoms with E-state index < -0.39 is 0 Å². The maximum absolute atomic E-state index is 12.3. The number of hydrogen-bond donors (Lipinski definition) is 1. The number of amides is 1. The molecule has 6 heteroatoms. The number of carbonyl (C=O) groups excluding carboxylic acids is 1. The maximum atomic E-state index is 12.3. The van der Waals surface area contributed by atoms with Crippen molar-refractivity contribution in [2.45, 2.75) is 25.7 Å². The van der Waals surface area contributed by atoms with Gasteiger partial charge < -0.3 is 4.42 Å². The minimum Gasteiger partial charge on any atom is -0.403 e. The van der Waals surface area contributed by atoms with E-state index in [1.807, 2.05) is 12.1 Å². The Morgan fingerprint density at radius 3 is 2.68 bits per heavy atom. The zero-order valence-electron chi connectivity index (χ0n) is 13.5. The van der Waals surface area contributed by atoms with Crippen LogP contribution in [0.4, 0.5) is 6.01 Å². The Morgan fingerprint density at radius 1 is 1.04 bits per heavy atom. The summed E-state index contributed by atoms with van der Waals surface area (Å²) in [5.74, 6) is 0.115. The van der Waals surface area contributed by atoms with Gasteiger partial charge in [0.05, 0.1) is 5.56 Å². The summed E-state index contributed by atoms with van der Waals surface area (Å²) in [6.07, 6.45) is 4.68. The predicted octanol–water partition coefficient (Wildman–Crippen LogP) is 4.63. The Hall–Kier alpha value is -2.47. The van der Waals surface area contributed by atoms with Crippen LogP contribution in [0.3, 0.4) is 0 Å². The summed E-state index contributed by atoms with van der Waals surface area (Å²) in [5.41, 5.74) is 4.14. The first-order valence-electron chi connectivity index (χ1n) is 8.22. The number of carbonyl (C=O) groups is 1. The van der Waals surface area contributed by atoms with E-state index >= 15 is 0 Å². The molecule has 1 amide bonds. The molecular formula is C19H16BrN3O2. The molecule has 0 radical (unpaired) electrons. The topological polar surface area (TPSA) is 68.0 Å². The highest BCUT2D eigenvalue weighted by Crippen LogP contribution is 2.27. The van der Waals surface area contributed by atoms with Crippen LogP contribution in [0.5, 0.6) is 0 Å². The molecule has 2 aromatic carbocycles. The monoisotopic (exact) mass is 397 g/mol. The first kappa shape index (κ1) is 16.0. The lowest BCUT2D eigenvalue weighted by molar-refractivity contribution is 0.102. The SMILES string of the molecule is O=C(Nc1nnc(-c2ccc3c(c2)CCCC3)o1)c1ccccc1Br. The van der Waals surface area contributed by atoms with Gasteiger partial charge in [-0.2, -0.15) is 0 Å². The molecule has 0 bridgehead atoms. The van der Waals surface area contributed by atoms with E-state index in [1.165, 1.54) is 24.0 Å². The van der Waals surface area contributed by atoms with Crippen LogP contribution in [-0.4, -0.2) is 16.1 Å². The summed E-state index contributed by atoms with van der Waals surface area (Å²) in [6.45, 7) is 0. The third-order valence-electron chi connectivity index (χ3n) is 4.36. The second kappa shape index (κ2) is 6.80. The summed E-state index contributed by atoms with van der Waals surface area (Å²) in [7, 11) is 0. The van der Waals surface area contributed by atoms with Crippen molar-refractivity contribution in [2.24, 2.45) is 0 Å². The van der Waals surface area contributed by atoms with Gasteiger partial charge in [-0.25, -0.2) is 0 Å². The molecule has 0 fully saturated rings. The minimum absolute atomic E-state index is 0.0912. The zero-order valence-corrected chi connectivity index (χ0v) is 15.0. The van der Waals surface area contributed by atoms with Crippen molar-refractivity contribution in [2.75, 3.05) is 5.32 Å². The van der Waals surface area contributed by atoms with Crippen LogP contribution >= 0.6 is 15.9 Å². The molecule has 0 spiro atoms. The van der Waals surface area contributed by atoms with Gasteiger partial charge in [-0.05, 0) is 77.0 Å². The van der Waals surface area contributed by atoms with Crippen LogP contribution in [0.15, 0.2) is 51.4 Å². The summed E-state index contributed by atoms with van der Waals surface area (Å²) < 4.78 is 6.33. The molecule has 1 heterocycles. The lowest BCUT2D eigenvalue weighted by Crippen LogP contribution is -2.12. The molecule has 1 N–H and O–H groups in total. The number of nitrogens with zero attached hydrogens (tertiary/aromatic N) is 2. The molecular weight excluding hydrogens is 382 g/mol. The van der Waals surface area contributed by atoms with Gasteiger partial charge in [0.2, 0.25) is 5.89 Å². The minimum atomic E-state index is -0.298. The number of benzene rings is 2. The average Bonchev–Trinajstić information content (AvgIpc) is 3.10. The molecule has 0 saturated heterocycles. The molecule has 1 aliphatic carbocycles. The van der Waals surface area contributed by atoms with Gasteiger partial charge >= 0.3 is 6.01 Å². The number of aromatic nitrogens is 2. The Kier molecular flexibility index (Phi) is 4.36. The van der Waals surface area contributed by atoms with Crippen LogP contribution in [0.2, 0.25) is 0 Å². The molecule has 25 heavy (non-hydrogen) atoms. The van der Waals surface area contributed by atoms with Crippen molar-refractivity contribution in [3.8, 4) is 11.5 Å². The molecule has 4 rings (SSSR count). The van der Waals surface area contributed by atoms with E-state index in [4.69, 9.17) is 4.42 Å². The van der Waals surface area contributed by atoms with E-state index in [0.29, 0.717) is 15.9 Å². The van der Waals surface area contributed by atoms with E-state index in [0.717, 1.165) is 18.4 Å². The molecule has 0 unspecified atom stereocenters. The normalized spacial score (nSPS) is 13.3. The third-order valence-corrected chi connectivity index (χ3v) is 5.05. The number of aryl methyl sites for hydroxylation is 2. The van der Waals surface area contributed by atoms with E-state index in [9.17, 15) is 4.79 Å². The fourth-order valence-corrected chi connectivity index (χ4v) is 3.53. The van der Waals surface area contributed by atoms with Crippen LogP contribution in [-0.2, 0) is 12.8 Å². The van der Waals surface area contributed by atoms with Gasteiger partial charge in [-0.15, -0.1) is 5.10 Å². The molecule has 0 aliphatic heterocycles. The highest BCUT2D eigenvalue weighted by Gasteiger charge is 2.16. The summed E-state index contributed by atoms with van der Waals surface area (Å²) in [4.78, 5) is 12.3. The van der Waals surface area contributed by atoms with Gasteiger partial charge in [-0.3, -0.25) is 10.1 Å². The van der Waals surface area contributed by atoms with Crippen LogP contribution < -0.4 is 5.32 Å². The zero-order chi connectivity index (χ0) is 17.2. The van der Waals surface area contributed by atoms with Crippen molar-refractivity contribution in [1.29, 1.82) is 0 Å². The second-order valence-corrected chi connectivity index (χ2v) is 6.89. The van der Waals surface area contributed by atoms with E-state index in [-0.39, 0.29) is 11.9 Å². The van der Waals surface area contributed by atoms with Crippen LogP contribution in [0, 0.1) is 0 Å². The number of fused-ring (bicyclic) bond motifs is 1. The number of anilines is 1. The number of nitrogens with one attached hydrogen (secondary N) is 1. The summed E-state index contributed by atoms with van der Waals surface area (Å²) >= 11 is 3.36. The molecule has 1 aliphatic rings. The Labute approximate surface area is 153 Å². The lowest BCUT2D eigenvalue weighted by Gasteiger charge is -2.15. The molecule has 3 aromatic rings. The highest BCUT2D eigenvalue weighted by molar-refractivity contribution is 9.10. The van der Waals surface area contributed by atoms with E-state index in [1.54, 1.807) is 18.2 Å². The Morgan fingerprint density at radius 2 is 1.84 bits per heavy atom. The second-order valence-electron chi connectivity index (χ2n) is 6.04. The van der Waals surface area contributed by atoms with Crippen molar-refractivity contribution in [1.82, 2.24) is 10.2 Å². The van der Waals surface area contributed by atoms with Crippen molar-refractivity contribution >= 4 is 27.9 Å². The van der Waals surface area contributed by atoms with Gasteiger partial charge in [0.25, 0.3) is 5.91 Å². The number of hydrogen-bond acceptors (Lipinski definition) is 4. The predicted molar refractivity (Wildman–Crippen MR) is 98.5 cm³/mol. The number of halogens is 1.